The Labute approximate surface area is 84.3 Å². The van der Waals surface area contributed by atoms with Crippen LogP contribution < -0.4 is 5.73 Å². The van der Waals surface area contributed by atoms with E-state index in [4.69, 9.17) is 10.5 Å². The van der Waals surface area contributed by atoms with Gasteiger partial charge in [0, 0.05) is 18.3 Å². The molecule has 0 unspecified atom stereocenters. The summed E-state index contributed by atoms with van der Waals surface area (Å²) in [6.45, 7) is 1.15. The molecule has 1 aliphatic rings. The van der Waals surface area contributed by atoms with Crippen molar-refractivity contribution in [3.63, 3.8) is 0 Å². The molecule has 2 rings (SSSR count). The molecule has 14 heavy (non-hydrogen) atoms. The van der Waals surface area contributed by atoms with Crippen LogP contribution in [0.15, 0.2) is 18.3 Å². The van der Waals surface area contributed by atoms with Crippen molar-refractivity contribution < 1.29 is 4.74 Å². The van der Waals surface area contributed by atoms with Gasteiger partial charge >= 0.3 is 0 Å². The number of ether oxygens (including phenoxy) is 1. The maximum absolute atomic E-state index is 5.71. The van der Waals surface area contributed by atoms with Gasteiger partial charge in [0.05, 0.1) is 18.4 Å². The van der Waals surface area contributed by atoms with Crippen molar-refractivity contribution in [1.82, 2.24) is 4.98 Å². The zero-order valence-electron chi connectivity index (χ0n) is 8.28. The second-order valence-electron chi connectivity index (χ2n) is 3.68. The average Bonchev–Trinajstić information content (AvgIpc) is 2.16. The molecule has 0 amide bonds. The molecule has 0 aliphatic heterocycles. The highest BCUT2D eigenvalue weighted by atomic mass is 16.5. The minimum absolute atomic E-state index is 0.473. The second-order valence-corrected chi connectivity index (χ2v) is 3.68. The van der Waals surface area contributed by atoms with E-state index in [0.717, 1.165) is 11.3 Å². The highest BCUT2D eigenvalue weighted by Crippen LogP contribution is 2.23. The SMILES string of the molecule is NCc1ncccc1COC1CCC1. The maximum Gasteiger partial charge on any atom is 0.0738 e. The standard InChI is InChI=1S/C11H16N2O/c12-7-11-9(3-2-6-13-11)8-14-10-4-1-5-10/h2-3,6,10H,1,4-5,7-8,12H2. The third kappa shape index (κ3) is 2.11. The Morgan fingerprint density at radius 3 is 3.00 bits per heavy atom. The third-order valence-corrected chi connectivity index (χ3v) is 2.70. The van der Waals surface area contributed by atoms with Gasteiger partial charge in [-0.05, 0) is 25.3 Å². The Kier molecular flexibility index (Phi) is 3.11. The topological polar surface area (TPSA) is 48.1 Å². The van der Waals surface area contributed by atoms with Gasteiger partial charge < -0.3 is 10.5 Å². The fourth-order valence-corrected chi connectivity index (χ4v) is 1.53. The van der Waals surface area contributed by atoms with Crippen LogP contribution in [0.4, 0.5) is 0 Å². The second kappa shape index (κ2) is 4.53. The van der Waals surface area contributed by atoms with Crippen LogP contribution in [0.1, 0.15) is 30.5 Å². The van der Waals surface area contributed by atoms with Gasteiger partial charge in [0.2, 0.25) is 0 Å². The summed E-state index contributed by atoms with van der Waals surface area (Å²) in [5.74, 6) is 0. The lowest BCUT2D eigenvalue weighted by Gasteiger charge is -2.25. The monoisotopic (exact) mass is 192 g/mol. The first-order chi connectivity index (χ1) is 6.90. The van der Waals surface area contributed by atoms with E-state index in [-0.39, 0.29) is 0 Å². The van der Waals surface area contributed by atoms with Crippen molar-refractivity contribution >= 4 is 0 Å². The van der Waals surface area contributed by atoms with Gasteiger partial charge in [-0.25, -0.2) is 0 Å². The van der Waals surface area contributed by atoms with Crippen molar-refractivity contribution in [3.05, 3.63) is 29.6 Å². The van der Waals surface area contributed by atoms with Gasteiger partial charge in [0.15, 0.2) is 0 Å². The first-order valence-corrected chi connectivity index (χ1v) is 5.14. The Morgan fingerprint density at radius 2 is 2.36 bits per heavy atom. The van der Waals surface area contributed by atoms with Crippen LogP contribution >= 0.6 is 0 Å². The molecular formula is C11H16N2O. The van der Waals surface area contributed by atoms with E-state index in [9.17, 15) is 0 Å². The molecule has 1 heterocycles. The molecule has 1 saturated carbocycles. The summed E-state index contributed by atoms with van der Waals surface area (Å²) in [6.07, 6.45) is 5.97. The Bertz CT molecular complexity index is 297. The molecule has 0 radical (unpaired) electrons. The maximum atomic E-state index is 5.71. The van der Waals surface area contributed by atoms with Gasteiger partial charge in [-0.2, -0.15) is 0 Å². The van der Waals surface area contributed by atoms with Crippen LogP contribution in [0.5, 0.6) is 0 Å². The van der Waals surface area contributed by atoms with Crippen molar-refractivity contribution in [2.45, 2.75) is 38.5 Å². The molecule has 0 spiro atoms. The predicted molar refractivity (Wildman–Crippen MR) is 54.6 cm³/mol. The van der Waals surface area contributed by atoms with E-state index >= 15 is 0 Å². The van der Waals surface area contributed by atoms with E-state index < -0.39 is 0 Å². The molecule has 0 atom stereocenters. The van der Waals surface area contributed by atoms with Gasteiger partial charge in [0.25, 0.3) is 0 Å². The van der Waals surface area contributed by atoms with Crippen LogP contribution in [0.3, 0.4) is 0 Å². The minimum atomic E-state index is 0.473. The Hall–Kier alpha value is -0.930. The van der Waals surface area contributed by atoms with E-state index in [1.807, 2.05) is 12.1 Å². The Balaban J connectivity index is 1.93. The Morgan fingerprint density at radius 1 is 1.50 bits per heavy atom. The smallest absolute Gasteiger partial charge is 0.0738 e. The van der Waals surface area contributed by atoms with E-state index in [0.29, 0.717) is 19.3 Å². The zero-order chi connectivity index (χ0) is 9.80. The molecule has 2 N–H and O–H groups in total. The summed E-state index contributed by atoms with van der Waals surface area (Å²) in [7, 11) is 0. The molecular weight excluding hydrogens is 176 g/mol. The molecule has 3 nitrogen and oxygen atoms in total. The fraction of sp³-hybridized carbons (Fsp3) is 0.545. The van der Waals surface area contributed by atoms with Gasteiger partial charge in [-0.3, -0.25) is 4.98 Å². The number of rotatable bonds is 4. The lowest BCUT2D eigenvalue weighted by Crippen LogP contribution is -2.21. The first kappa shape index (κ1) is 9.62. The molecule has 3 heteroatoms. The normalized spacial score (nSPS) is 16.6. The van der Waals surface area contributed by atoms with Gasteiger partial charge in [-0.15, -0.1) is 0 Å². The van der Waals surface area contributed by atoms with Crippen LogP contribution in [-0.2, 0) is 17.9 Å². The predicted octanol–water partition coefficient (Wildman–Crippen LogP) is 1.61. The molecule has 0 bridgehead atoms. The first-order valence-electron chi connectivity index (χ1n) is 5.14. The van der Waals surface area contributed by atoms with E-state index in [1.54, 1.807) is 6.20 Å². The number of nitrogens with zero attached hydrogens (tertiary/aromatic N) is 1. The summed E-state index contributed by atoms with van der Waals surface area (Å²) in [5.41, 5.74) is 7.66. The summed E-state index contributed by atoms with van der Waals surface area (Å²) < 4.78 is 5.71. The average molecular weight is 192 g/mol. The molecule has 76 valence electrons. The number of nitrogens with two attached hydrogens (primary N) is 1. The molecule has 1 aromatic rings. The lowest BCUT2D eigenvalue weighted by atomic mass is 9.96. The molecule has 0 saturated heterocycles. The van der Waals surface area contributed by atoms with Crippen LogP contribution in [0.25, 0.3) is 0 Å². The van der Waals surface area contributed by atoms with E-state index in [2.05, 4.69) is 4.98 Å². The van der Waals surface area contributed by atoms with E-state index in [1.165, 1.54) is 19.3 Å². The zero-order valence-corrected chi connectivity index (χ0v) is 8.28. The van der Waals surface area contributed by atoms with Gasteiger partial charge in [0.1, 0.15) is 0 Å². The summed E-state index contributed by atoms with van der Waals surface area (Å²) in [4.78, 5) is 4.21. The summed E-state index contributed by atoms with van der Waals surface area (Å²) in [5, 5.41) is 0. The fourth-order valence-electron chi connectivity index (χ4n) is 1.53. The molecule has 0 aromatic carbocycles. The number of hydrogen-bond acceptors (Lipinski definition) is 3. The third-order valence-electron chi connectivity index (χ3n) is 2.70. The number of hydrogen-bond donors (Lipinski definition) is 1. The quantitative estimate of drug-likeness (QED) is 0.788. The van der Waals surface area contributed by atoms with Crippen LogP contribution in [0, 0.1) is 0 Å². The molecule has 1 fully saturated rings. The largest absolute Gasteiger partial charge is 0.373 e. The van der Waals surface area contributed by atoms with Gasteiger partial charge in [-0.1, -0.05) is 6.07 Å². The summed E-state index contributed by atoms with van der Waals surface area (Å²) in [6, 6.07) is 3.96. The highest BCUT2D eigenvalue weighted by Gasteiger charge is 2.18. The van der Waals surface area contributed by atoms with Crippen LogP contribution in [0.2, 0.25) is 0 Å². The molecule has 1 aromatic heterocycles. The van der Waals surface area contributed by atoms with Crippen LogP contribution in [-0.4, -0.2) is 11.1 Å². The number of pyridine rings is 1. The highest BCUT2D eigenvalue weighted by molar-refractivity contribution is 5.18. The van der Waals surface area contributed by atoms with Crippen molar-refractivity contribution in [1.29, 1.82) is 0 Å². The van der Waals surface area contributed by atoms with Crippen molar-refractivity contribution in [2.75, 3.05) is 0 Å². The van der Waals surface area contributed by atoms with Crippen molar-refractivity contribution in [3.8, 4) is 0 Å². The molecule has 1 aliphatic carbocycles. The minimum Gasteiger partial charge on any atom is -0.373 e. The lowest BCUT2D eigenvalue weighted by molar-refractivity contribution is -0.00906. The summed E-state index contributed by atoms with van der Waals surface area (Å²) >= 11 is 0. The number of aromatic nitrogens is 1. The van der Waals surface area contributed by atoms with Crippen molar-refractivity contribution in [2.24, 2.45) is 5.73 Å².